The molecule has 0 aliphatic carbocycles. The molecule has 0 saturated heterocycles. The first-order valence-electron chi connectivity index (χ1n) is 5.49. The largest absolute Gasteiger partial charge is 0.314 e. The Morgan fingerprint density at radius 1 is 1.29 bits per heavy atom. The lowest BCUT2D eigenvalue weighted by atomic mass is 10.1. The number of hydrogen-bond donors (Lipinski definition) is 1. The van der Waals surface area contributed by atoms with Crippen LogP contribution in [0, 0.1) is 0 Å². The zero-order valence-corrected chi connectivity index (χ0v) is 9.16. The molecule has 0 aliphatic heterocycles. The first-order valence-corrected chi connectivity index (χ1v) is 5.49. The molecule has 0 fully saturated rings. The fourth-order valence-corrected chi connectivity index (χ4v) is 1.51. The molecule has 1 heterocycles. The van der Waals surface area contributed by atoms with Crippen molar-refractivity contribution in [1.82, 2.24) is 10.3 Å². The first-order chi connectivity index (χ1) is 6.86. The molecule has 1 aromatic rings. The molecule has 78 valence electrons. The third-order valence-corrected chi connectivity index (χ3v) is 2.41. The van der Waals surface area contributed by atoms with Gasteiger partial charge in [-0.15, -0.1) is 0 Å². The Hall–Kier alpha value is -0.890. The topological polar surface area (TPSA) is 24.9 Å². The summed E-state index contributed by atoms with van der Waals surface area (Å²) in [4.78, 5) is 4.02. The molecule has 2 heteroatoms. The van der Waals surface area contributed by atoms with Gasteiger partial charge < -0.3 is 5.32 Å². The van der Waals surface area contributed by atoms with Gasteiger partial charge in [0.2, 0.25) is 0 Å². The molecule has 0 amide bonds. The van der Waals surface area contributed by atoms with Crippen molar-refractivity contribution in [3.63, 3.8) is 0 Å². The highest BCUT2D eigenvalue weighted by Gasteiger charge is 2.05. The number of rotatable bonds is 6. The van der Waals surface area contributed by atoms with E-state index in [4.69, 9.17) is 0 Å². The van der Waals surface area contributed by atoms with Gasteiger partial charge in [0, 0.05) is 18.4 Å². The Morgan fingerprint density at radius 3 is 2.57 bits per heavy atom. The van der Waals surface area contributed by atoms with Gasteiger partial charge in [-0.25, -0.2) is 0 Å². The maximum atomic E-state index is 4.02. The molecule has 0 bridgehead atoms. The van der Waals surface area contributed by atoms with E-state index in [1.807, 2.05) is 12.4 Å². The molecule has 0 aliphatic rings. The summed E-state index contributed by atoms with van der Waals surface area (Å²) in [6, 6.07) is 4.80. The van der Waals surface area contributed by atoms with E-state index in [0.29, 0.717) is 6.04 Å². The normalized spacial score (nSPS) is 12.7. The van der Waals surface area contributed by atoms with E-state index < -0.39 is 0 Å². The second-order valence-corrected chi connectivity index (χ2v) is 3.62. The van der Waals surface area contributed by atoms with Gasteiger partial charge in [-0.2, -0.15) is 0 Å². The Bertz CT molecular complexity index is 233. The zero-order valence-electron chi connectivity index (χ0n) is 9.16. The monoisotopic (exact) mass is 192 g/mol. The third-order valence-electron chi connectivity index (χ3n) is 2.41. The summed E-state index contributed by atoms with van der Waals surface area (Å²) >= 11 is 0. The van der Waals surface area contributed by atoms with Gasteiger partial charge in [-0.1, -0.05) is 13.8 Å². The number of aromatic nitrogens is 1. The number of pyridine rings is 1. The summed E-state index contributed by atoms with van der Waals surface area (Å²) in [5.41, 5.74) is 1.37. The smallest absolute Gasteiger partial charge is 0.0270 e. The molecule has 14 heavy (non-hydrogen) atoms. The van der Waals surface area contributed by atoms with Crippen molar-refractivity contribution in [2.45, 2.75) is 39.2 Å². The van der Waals surface area contributed by atoms with Gasteiger partial charge in [0.05, 0.1) is 0 Å². The van der Waals surface area contributed by atoms with Crippen molar-refractivity contribution in [2.75, 3.05) is 6.54 Å². The summed E-state index contributed by atoms with van der Waals surface area (Å²) in [5.74, 6) is 0. The molecule has 2 nitrogen and oxygen atoms in total. The van der Waals surface area contributed by atoms with Crippen LogP contribution in [-0.2, 0) is 6.42 Å². The van der Waals surface area contributed by atoms with Gasteiger partial charge in [-0.05, 0) is 43.5 Å². The molecular weight excluding hydrogens is 172 g/mol. The van der Waals surface area contributed by atoms with Crippen LogP contribution < -0.4 is 5.32 Å². The van der Waals surface area contributed by atoms with Crippen LogP contribution in [0.2, 0.25) is 0 Å². The van der Waals surface area contributed by atoms with Crippen molar-refractivity contribution in [3.05, 3.63) is 30.1 Å². The molecule has 0 saturated carbocycles. The fraction of sp³-hybridized carbons (Fsp3) is 0.583. The van der Waals surface area contributed by atoms with Crippen molar-refractivity contribution in [1.29, 1.82) is 0 Å². The summed E-state index contributed by atoms with van der Waals surface area (Å²) in [7, 11) is 0. The second kappa shape index (κ2) is 6.55. The van der Waals surface area contributed by atoms with E-state index in [2.05, 4.69) is 36.3 Å². The van der Waals surface area contributed by atoms with Crippen molar-refractivity contribution in [2.24, 2.45) is 0 Å². The minimum atomic E-state index is 0.609. The van der Waals surface area contributed by atoms with Crippen LogP contribution in [0.5, 0.6) is 0 Å². The molecule has 1 rings (SSSR count). The zero-order chi connectivity index (χ0) is 10.2. The number of nitrogens with zero attached hydrogens (tertiary/aromatic N) is 1. The lowest BCUT2D eigenvalue weighted by molar-refractivity contribution is 0.494. The van der Waals surface area contributed by atoms with Crippen LogP contribution in [0.15, 0.2) is 24.5 Å². The van der Waals surface area contributed by atoms with Gasteiger partial charge in [0.25, 0.3) is 0 Å². The highest BCUT2D eigenvalue weighted by molar-refractivity contribution is 5.11. The van der Waals surface area contributed by atoms with Crippen molar-refractivity contribution in [3.8, 4) is 0 Å². The van der Waals surface area contributed by atoms with Gasteiger partial charge in [0.1, 0.15) is 0 Å². The van der Waals surface area contributed by atoms with E-state index in [1.165, 1.54) is 18.4 Å². The molecule has 0 aromatic carbocycles. The third kappa shape index (κ3) is 3.88. The SMILES string of the molecule is CCCNC(CC)Cc1ccncc1. The predicted octanol–water partition coefficient (Wildman–Crippen LogP) is 2.40. The van der Waals surface area contributed by atoms with Crippen LogP contribution in [0.3, 0.4) is 0 Å². The lowest BCUT2D eigenvalue weighted by Crippen LogP contribution is -2.31. The highest BCUT2D eigenvalue weighted by atomic mass is 14.9. The lowest BCUT2D eigenvalue weighted by Gasteiger charge is -2.16. The van der Waals surface area contributed by atoms with Crippen LogP contribution in [-0.4, -0.2) is 17.6 Å². The van der Waals surface area contributed by atoms with Crippen LogP contribution >= 0.6 is 0 Å². The molecule has 1 atom stereocenters. The van der Waals surface area contributed by atoms with Gasteiger partial charge >= 0.3 is 0 Å². The van der Waals surface area contributed by atoms with E-state index in [9.17, 15) is 0 Å². The van der Waals surface area contributed by atoms with Gasteiger partial charge in [-0.3, -0.25) is 4.98 Å². The molecule has 1 N–H and O–H groups in total. The van der Waals surface area contributed by atoms with E-state index in [-0.39, 0.29) is 0 Å². The number of nitrogens with one attached hydrogen (secondary N) is 1. The van der Waals surface area contributed by atoms with E-state index in [1.54, 1.807) is 0 Å². The molecule has 0 spiro atoms. The van der Waals surface area contributed by atoms with Crippen molar-refractivity contribution < 1.29 is 0 Å². The minimum Gasteiger partial charge on any atom is -0.314 e. The maximum absolute atomic E-state index is 4.02. The summed E-state index contributed by atoms with van der Waals surface area (Å²) < 4.78 is 0. The molecule has 1 aromatic heterocycles. The van der Waals surface area contributed by atoms with Gasteiger partial charge in [0.15, 0.2) is 0 Å². The first kappa shape index (κ1) is 11.2. The Labute approximate surface area is 86.8 Å². The summed E-state index contributed by atoms with van der Waals surface area (Å²) in [5, 5.41) is 3.55. The molecule has 0 radical (unpaired) electrons. The molecular formula is C12H20N2. The summed E-state index contributed by atoms with van der Waals surface area (Å²) in [6.07, 6.45) is 7.22. The standard InChI is InChI=1S/C12H20N2/c1-3-7-14-12(4-2)10-11-5-8-13-9-6-11/h5-6,8-9,12,14H,3-4,7,10H2,1-2H3. The van der Waals surface area contributed by atoms with Crippen LogP contribution in [0.4, 0.5) is 0 Å². The second-order valence-electron chi connectivity index (χ2n) is 3.62. The summed E-state index contributed by atoms with van der Waals surface area (Å²) in [6.45, 7) is 5.55. The highest BCUT2D eigenvalue weighted by Crippen LogP contribution is 2.04. The minimum absolute atomic E-state index is 0.609. The average Bonchev–Trinajstić information content (AvgIpc) is 2.25. The van der Waals surface area contributed by atoms with Crippen LogP contribution in [0.25, 0.3) is 0 Å². The molecule has 1 unspecified atom stereocenters. The maximum Gasteiger partial charge on any atom is 0.0270 e. The predicted molar refractivity (Wildman–Crippen MR) is 60.3 cm³/mol. The Balaban J connectivity index is 2.40. The fourth-order valence-electron chi connectivity index (χ4n) is 1.51. The average molecular weight is 192 g/mol. The Morgan fingerprint density at radius 2 is 2.00 bits per heavy atom. The Kier molecular flexibility index (Phi) is 5.23. The van der Waals surface area contributed by atoms with Crippen molar-refractivity contribution >= 4 is 0 Å². The quantitative estimate of drug-likeness (QED) is 0.748. The van der Waals surface area contributed by atoms with E-state index >= 15 is 0 Å². The van der Waals surface area contributed by atoms with Crippen LogP contribution in [0.1, 0.15) is 32.3 Å². The number of hydrogen-bond acceptors (Lipinski definition) is 2. The van der Waals surface area contributed by atoms with E-state index in [0.717, 1.165) is 13.0 Å².